The fourth-order valence-corrected chi connectivity index (χ4v) is 3.30. The summed E-state index contributed by atoms with van der Waals surface area (Å²) in [5.41, 5.74) is 0. The number of rotatable bonds is 4. The summed E-state index contributed by atoms with van der Waals surface area (Å²) in [6.45, 7) is 5.37. The first kappa shape index (κ1) is 17.5. The zero-order chi connectivity index (χ0) is 10.7. The number of halogens is 2. The van der Waals surface area contributed by atoms with Gasteiger partial charge in [0.1, 0.15) is 0 Å². The van der Waals surface area contributed by atoms with Crippen molar-refractivity contribution in [3.05, 3.63) is 0 Å². The third-order valence-electron chi connectivity index (χ3n) is 4.13. The quantitative estimate of drug-likeness (QED) is 0.783. The molecule has 0 spiro atoms. The molecule has 1 heterocycles. The molecule has 2 atom stereocenters. The van der Waals surface area contributed by atoms with E-state index < -0.39 is 0 Å². The molecule has 0 bridgehead atoms. The summed E-state index contributed by atoms with van der Waals surface area (Å²) >= 11 is 0. The molecule has 4 heteroatoms. The SMILES string of the molecule is CN(C)CCCN1CC2CCCCC2C1.Cl.Cl. The third kappa shape index (κ3) is 5.34. The summed E-state index contributed by atoms with van der Waals surface area (Å²) in [5, 5.41) is 0. The first-order chi connectivity index (χ1) is 7.25. The lowest BCUT2D eigenvalue weighted by Gasteiger charge is -2.23. The van der Waals surface area contributed by atoms with Crippen LogP contribution in [0.4, 0.5) is 0 Å². The second-order valence-electron chi connectivity index (χ2n) is 5.72. The van der Waals surface area contributed by atoms with Crippen LogP contribution in [0, 0.1) is 11.8 Å². The van der Waals surface area contributed by atoms with Gasteiger partial charge >= 0.3 is 0 Å². The lowest BCUT2D eigenvalue weighted by Crippen LogP contribution is -2.25. The highest BCUT2D eigenvalue weighted by Gasteiger charge is 2.33. The first-order valence-electron chi connectivity index (χ1n) is 6.63. The minimum absolute atomic E-state index is 0. The lowest BCUT2D eigenvalue weighted by atomic mass is 9.82. The molecule has 0 amide bonds. The number of hydrogen-bond acceptors (Lipinski definition) is 2. The number of hydrogen-bond donors (Lipinski definition) is 0. The highest BCUT2D eigenvalue weighted by Crippen LogP contribution is 2.35. The number of fused-ring (bicyclic) bond motifs is 1. The van der Waals surface area contributed by atoms with Gasteiger partial charge in [-0.25, -0.2) is 0 Å². The predicted molar refractivity (Wildman–Crippen MR) is 79.6 cm³/mol. The van der Waals surface area contributed by atoms with Crippen molar-refractivity contribution < 1.29 is 0 Å². The van der Waals surface area contributed by atoms with E-state index in [1.807, 2.05) is 0 Å². The van der Waals surface area contributed by atoms with E-state index in [-0.39, 0.29) is 24.8 Å². The molecule has 1 aliphatic carbocycles. The van der Waals surface area contributed by atoms with Crippen molar-refractivity contribution in [2.45, 2.75) is 32.1 Å². The molecule has 2 rings (SSSR count). The van der Waals surface area contributed by atoms with Crippen molar-refractivity contribution in [1.29, 1.82) is 0 Å². The fourth-order valence-electron chi connectivity index (χ4n) is 3.30. The van der Waals surface area contributed by atoms with Gasteiger partial charge in [-0.3, -0.25) is 0 Å². The van der Waals surface area contributed by atoms with Gasteiger partial charge in [0.25, 0.3) is 0 Å². The molecule has 1 saturated carbocycles. The van der Waals surface area contributed by atoms with E-state index in [2.05, 4.69) is 23.9 Å². The average molecular weight is 283 g/mol. The minimum Gasteiger partial charge on any atom is -0.309 e. The Kier molecular flexibility index (Phi) is 8.83. The molecule has 2 nitrogen and oxygen atoms in total. The Bertz CT molecular complexity index is 186. The first-order valence-corrected chi connectivity index (χ1v) is 6.63. The molecule has 0 N–H and O–H groups in total. The summed E-state index contributed by atoms with van der Waals surface area (Å²) < 4.78 is 0. The van der Waals surface area contributed by atoms with Crippen LogP contribution in [0.1, 0.15) is 32.1 Å². The van der Waals surface area contributed by atoms with Crippen molar-refractivity contribution in [3.63, 3.8) is 0 Å². The van der Waals surface area contributed by atoms with Gasteiger partial charge < -0.3 is 9.80 Å². The van der Waals surface area contributed by atoms with Gasteiger partial charge in [-0.15, -0.1) is 24.8 Å². The summed E-state index contributed by atoms with van der Waals surface area (Å²) in [6, 6.07) is 0. The third-order valence-corrected chi connectivity index (χ3v) is 4.13. The molecular weight excluding hydrogens is 255 g/mol. The van der Waals surface area contributed by atoms with Crippen molar-refractivity contribution in [1.82, 2.24) is 9.80 Å². The predicted octanol–water partition coefficient (Wildman–Crippen LogP) is 2.90. The Hall–Kier alpha value is 0.500. The van der Waals surface area contributed by atoms with Gasteiger partial charge in [-0.2, -0.15) is 0 Å². The van der Waals surface area contributed by atoms with Crippen LogP contribution in [0.25, 0.3) is 0 Å². The maximum atomic E-state index is 2.71. The van der Waals surface area contributed by atoms with Crippen LogP contribution in [-0.4, -0.2) is 50.1 Å². The normalized spacial score (nSPS) is 28.4. The van der Waals surface area contributed by atoms with Gasteiger partial charge in [-0.1, -0.05) is 12.8 Å². The molecule has 0 aromatic carbocycles. The van der Waals surface area contributed by atoms with Gasteiger partial charge in [0.05, 0.1) is 0 Å². The van der Waals surface area contributed by atoms with Crippen molar-refractivity contribution in [2.24, 2.45) is 11.8 Å². The summed E-state index contributed by atoms with van der Waals surface area (Å²) in [4.78, 5) is 5.01. The van der Waals surface area contributed by atoms with E-state index in [1.165, 1.54) is 58.3 Å². The van der Waals surface area contributed by atoms with Gasteiger partial charge in [0, 0.05) is 13.1 Å². The van der Waals surface area contributed by atoms with Crippen LogP contribution >= 0.6 is 24.8 Å². The standard InChI is InChI=1S/C13H26N2.2ClH/c1-14(2)8-5-9-15-10-12-6-3-4-7-13(12)11-15;;/h12-13H,3-11H2,1-2H3;2*1H. The Labute approximate surface area is 119 Å². The maximum Gasteiger partial charge on any atom is 0.00129 e. The van der Waals surface area contributed by atoms with E-state index >= 15 is 0 Å². The van der Waals surface area contributed by atoms with Gasteiger partial charge in [0.2, 0.25) is 0 Å². The number of likely N-dealkylation sites (tertiary alicyclic amines) is 1. The monoisotopic (exact) mass is 282 g/mol. The zero-order valence-electron chi connectivity index (χ0n) is 11.2. The minimum atomic E-state index is 0. The molecule has 2 unspecified atom stereocenters. The molecule has 2 aliphatic rings. The Morgan fingerprint density at radius 2 is 1.53 bits per heavy atom. The molecule has 0 radical (unpaired) electrons. The van der Waals surface area contributed by atoms with E-state index in [0.29, 0.717) is 0 Å². The van der Waals surface area contributed by atoms with Crippen molar-refractivity contribution in [3.8, 4) is 0 Å². The van der Waals surface area contributed by atoms with Crippen LogP contribution in [0.2, 0.25) is 0 Å². The van der Waals surface area contributed by atoms with Gasteiger partial charge in [-0.05, 0) is 58.3 Å². The molecule has 1 aliphatic heterocycles. The molecule has 17 heavy (non-hydrogen) atoms. The van der Waals surface area contributed by atoms with E-state index in [9.17, 15) is 0 Å². The second kappa shape index (κ2) is 8.58. The maximum absolute atomic E-state index is 2.71. The van der Waals surface area contributed by atoms with Crippen molar-refractivity contribution in [2.75, 3.05) is 40.3 Å². The summed E-state index contributed by atoms with van der Waals surface area (Å²) in [7, 11) is 4.34. The lowest BCUT2D eigenvalue weighted by molar-refractivity contribution is 0.291. The smallest absolute Gasteiger partial charge is 0.00129 e. The van der Waals surface area contributed by atoms with E-state index in [1.54, 1.807) is 0 Å². The highest BCUT2D eigenvalue weighted by molar-refractivity contribution is 5.85. The van der Waals surface area contributed by atoms with Crippen LogP contribution in [0.5, 0.6) is 0 Å². The second-order valence-corrected chi connectivity index (χ2v) is 5.72. The summed E-state index contributed by atoms with van der Waals surface area (Å²) in [6.07, 6.45) is 7.34. The summed E-state index contributed by atoms with van der Waals surface area (Å²) in [5.74, 6) is 2.11. The van der Waals surface area contributed by atoms with Crippen molar-refractivity contribution >= 4 is 24.8 Å². The number of nitrogens with zero attached hydrogens (tertiary/aromatic N) is 2. The highest BCUT2D eigenvalue weighted by atomic mass is 35.5. The topological polar surface area (TPSA) is 6.48 Å². The van der Waals surface area contributed by atoms with Crippen LogP contribution in [0.15, 0.2) is 0 Å². The van der Waals surface area contributed by atoms with E-state index in [4.69, 9.17) is 0 Å². The Morgan fingerprint density at radius 1 is 1.00 bits per heavy atom. The van der Waals surface area contributed by atoms with E-state index in [0.717, 1.165) is 11.8 Å². The largest absolute Gasteiger partial charge is 0.309 e. The zero-order valence-corrected chi connectivity index (χ0v) is 12.9. The van der Waals surface area contributed by atoms with Crippen LogP contribution in [-0.2, 0) is 0 Å². The Balaban J connectivity index is 0.00000128. The van der Waals surface area contributed by atoms with Gasteiger partial charge in [0.15, 0.2) is 0 Å². The fraction of sp³-hybridized carbons (Fsp3) is 1.00. The molecule has 2 fully saturated rings. The molecular formula is C13H28Cl2N2. The molecule has 104 valence electrons. The van der Waals surface area contributed by atoms with Crippen LogP contribution < -0.4 is 0 Å². The molecule has 0 aromatic rings. The van der Waals surface area contributed by atoms with Crippen LogP contribution in [0.3, 0.4) is 0 Å². The Morgan fingerprint density at radius 3 is 2.00 bits per heavy atom. The molecule has 1 saturated heterocycles. The average Bonchev–Trinajstić information content (AvgIpc) is 2.59. The molecule has 0 aromatic heterocycles.